The largest absolute Gasteiger partial charge is 0.337 e. The van der Waals surface area contributed by atoms with Crippen molar-refractivity contribution in [1.82, 2.24) is 9.88 Å². The summed E-state index contributed by atoms with van der Waals surface area (Å²) in [5.41, 5.74) is -0.573. The molecular weight excluding hydrogens is 312 g/mol. The van der Waals surface area contributed by atoms with Gasteiger partial charge in [0.15, 0.2) is 11.5 Å². The van der Waals surface area contributed by atoms with Gasteiger partial charge in [-0.1, -0.05) is 6.07 Å². The van der Waals surface area contributed by atoms with Crippen molar-refractivity contribution in [3.8, 4) is 0 Å². The predicted octanol–water partition coefficient (Wildman–Crippen LogP) is 3.27. The number of benzene rings is 1. The molecule has 1 fully saturated rings. The molecule has 2 heterocycles. The van der Waals surface area contributed by atoms with E-state index in [2.05, 4.69) is 4.98 Å². The van der Waals surface area contributed by atoms with E-state index in [9.17, 15) is 22.4 Å². The quantitative estimate of drug-likeness (QED) is 0.795. The van der Waals surface area contributed by atoms with Gasteiger partial charge in [0.1, 0.15) is 17.5 Å². The Bertz CT molecular complexity index is 745. The summed E-state index contributed by atoms with van der Waals surface area (Å²) >= 11 is 0. The molecule has 1 aromatic carbocycles. The van der Waals surface area contributed by atoms with Gasteiger partial charge in [-0.25, -0.2) is 22.5 Å². The Labute approximate surface area is 129 Å². The molecule has 1 aromatic heterocycles. The van der Waals surface area contributed by atoms with Crippen molar-refractivity contribution in [1.29, 1.82) is 0 Å². The van der Waals surface area contributed by atoms with Gasteiger partial charge in [-0.2, -0.15) is 0 Å². The van der Waals surface area contributed by atoms with Gasteiger partial charge in [-0.05, 0) is 18.6 Å². The molecule has 120 valence electrons. The number of carbonyl (C=O) groups is 1. The van der Waals surface area contributed by atoms with Crippen molar-refractivity contribution in [2.45, 2.75) is 12.3 Å². The highest BCUT2D eigenvalue weighted by atomic mass is 19.1. The molecule has 2 aromatic rings. The molecule has 0 N–H and O–H groups in total. The second kappa shape index (κ2) is 5.98. The minimum absolute atomic E-state index is 0.0508. The lowest BCUT2D eigenvalue weighted by atomic mass is 9.97. The number of hydrogen-bond acceptors (Lipinski definition) is 2. The number of hydrogen-bond donors (Lipinski definition) is 0. The van der Waals surface area contributed by atoms with Gasteiger partial charge in [0, 0.05) is 30.6 Å². The van der Waals surface area contributed by atoms with Crippen molar-refractivity contribution < 1.29 is 22.4 Å². The third-order valence-corrected chi connectivity index (χ3v) is 3.89. The molecule has 1 amide bonds. The van der Waals surface area contributed by atoms with Crippen LogP contribution in [-0.2, 0) is 0 Å². The van der Waals surface area contributed by atoms with E-state index < -0.39 is 40.8 Å². The summed E-state index contributed by atoms with van der Waals surface area (Å²) in [5.74, 6) is -4.52. The number of rotatable bonds is 2. The molecule has 23 heavy (non-hydrogen) atoms. The molecule has 0 spiro atoms. The number of aromatic nitrogens is 1. The van der Waals surface area contributed by atoms with Crippen molar-refractivity contribution in [2.24, 2.45) is 0 Å². The van der Waals surface area contributed by atoms with Crippen molar-refractivity contribution in [3.63, 3.8) is 0 Å². The summed E-state index contributed by atoms with van der Waals surface area (Å²) in [6, 6.07) is 4.16. The first-order valence-corrected chi connectivity index (χ1v) is 7.01. The van der Waals surface area contributed by atoms with E-state index in [4.69, 9.17) is 0 Å². The molecule has 0 bridgehead atoms. The fraction of sp³-hybridized carbons (Fsp3) is 0.250. The maximum absolute atomic E-state index is 13.8. The number of halogens is 4. The molecule has 3 rings (SSSR count). The van der Waals surface area contributed by atoms with Crippen LogP contribution in [0.25, 0.3) is 0 Å². The predicted molar refractivity (Wildman–Crippen MR) is 73.8 cm³/mol. The average Bonchev–Trinajstić information content (AvgIpc) is 2.96. The summed E-state index contributed by atoms with van der Waals surface area (Å²) in [4.78, 5) is 17.0. The molecule has 3 nitrogen and oxygen atoms in total. The van der Waals surface area contributed by atoms with E-state index in [0.29, 0.717) is 12.5 Å². The fourth-order valence-electron chi connectivity index (χ4n) is 2.80. The second-order valence-corrected chi connectivity index (χ2v) is 5.36. The van der Waals surface area contributed by atoms with Gasteiger partial charge in [0.2, 0.25) is 0 Å². The Balaban J connectivity index is 1.81. The summed E-state index contributed by atoms with van der Waals surface area (Å²) in [6.07, 6.45) is 1.10. The lowest BCUT2D eigenvalue weighted by Crippen LogP contribution is -2.30. The van der Waals surface area contributed by atoms with E-state index in [1.54, 1.807) is 0 Å². The van der Waals surface area contributed by atoms with Gasteiger partial charge >= 0.3 is 0 Å². The number of amides is 1. The van der Waals surface area contributed by atoms with Crippen LogP contribution in [0.2, 0.25) is 0 Å². The molecule has 1 atom stereocenters. The SMILES string of the molecule is O=C(c1ncc(F)cc1F)N1CCC(c2c(F)cccc2F)C1. The second-order valence-electron chi connectivity index (χ2n) is 5.36. The van der Waals surface area contributed by atoms with Gasteiger partial charge in [0.25, 0.3) is 5.91 Å². The smallest absolute Gasteiger partial charge is 0.275 e. The lowest BCUT2D eigenvalue weighted by Gasteiger charge is -2.17. The number of likely N-dealkylation sites (tertiary alicyclic amines) is 1. The van der Waals surface area contributed by atoms with Crippen LogP contribution in [0.1, 0.15) is 28.4 Å². The number of nitrogens with zero attached hydrogens (tertiary/aromatic N) is 2. The van der Waals surface area contributed by atoms with Crippen LogP contribution < -0.4 is 0 Å². The Morgan fingerprint density at radius 2 is 1.83 bits per heavy atom. The molecule has 1 aliphatic heterocycles. The first-order chi connectivity index (χ1) is 11.0. The standard InChI is InChI=1S/C16H12F4N2O/c17-10-6-13(20)15(21-7-10)16(23)22-5-4-9(8-22)14-11(18)2-1-3-12(14)19/h1-3,6-7,9H,4-5,8H2. The zero-order valence-corrected chi connectivity index (χ0v) is 11.9. The van der Waals surface area contributed by atoms with Crippen LogP contribution >= 0.6 is 0 Å². The minimum atomic E-state index is -1.06. The highest BCUT2D eigenvalue weighted by Crippen LogP contribution is 2.31. The lowest BCUT2D eigenvalue weighted by molar-refractivity contribution is 0.0779. The van der Waals surface area contributed by atoms with Crippen LogP contribution in [0, 0.1) is 23.3 Å². The normalized spacial score (nSPS) is 17.6. The monoisotopic (exact) mass is 324 g/mol. The summed E-state index contributed by atoms with van der Waals surface area (Å²) in [7, 11) is 0. The molecule has 1 saturated heterocycles. The highest BCUT2D eigenvalue weighted by molar-refractivity contribution is 5.92. The van der Waals surface area contributed by atoms with Gasteiger partial charge in [0.05, 0.1) is 6.20 Å². The van der Waals surface area contributed by atoms with E-state index in [0.717, 1.165) is 18.3 Å². The zero-order chi connectivity index (χ0) is 16.6. The molecule has 0 saturated carbocycles. The van der Waals surface area contributed by atoms with Crippen LogP contribution in [0.4, 0.5) is 17.6 Å². The number of carbonyl (C=O) groups excluding carboxylic acids is 1. The van der Waals surface area contributed by atoms with Crippen molar-refractivity contribution in [3.05, 3.63) is 65.0 Å². The minimum Gasteiger partial charge on any atom is -0.337 e. The zero-order valence-electron chi connectivity index (χ0n) is 11.9. The Morgan fingerprint density at radius 3 is 2.48 bits per heavy atom. The van der Waals surface area contributed by atoms with E-state index in [-0.39, 0.29) is 18.7 Å². The number of pyridine rings is 1. The van der Waals surface area contributed by atoms with Crippen LogP contribution in [0.3, 0.4) is 0 Å². The van der Waals surface area contributed by atoms with Crippen LogP contribution in [-0.4, -0.2) is 28.9 Å². The Kier molecular flexibility index (Phi) is 4.02. The topological polar surface area (TPSA) is 33.2 Å². The molecule has 7 heteroatoms. The average molecular weight is 324 g/mol. The third-order valence-electron chi connectivity index (χ3n) is 3.89. The molecule has 1 aliphatic rings. The first-order valence-electron chi connectivity index (χ1n) is 7.01. The van der Waals surface area contributed by atoms with Crippen LogP contribution in [0.5, 0.6) is 0 Å². The Hall–Kier alpha value is -2.44. The van der Waals surface area contributed by atoms with Gasteiger partial charge < -0.3 is 4.90 Å². The fourth-order valence-corrected chi connectivity index (χ4v) is 2.80. The summed E-state index contributed by atoms with van der Waals surface area (Å²) < 4.78 is 54.1. The van der Waals surface area contributed by atoms with Crippen molar-refractivity contribution in [2.75, 3.05) is 13.1 Å². The van der Waals surface area contributed by atoms with Gasteiger partial charge in [-0.15, -0.1) is 0 Å². The molecular formula is C16H12F4N2O. The van der Waals surface area contributed by atoms with E-state index in [1.807, 2.05) is 0 Å². The van der Waals surface area contributed by atoms with Gasteiger partial charge in [-0.3, -0.25) is 4.79 Å². The molecule has 0 aliphatic carbocycles. The maximum atomic E-state index is 13.8. The van der Waals surface area contributed by atoms with E-state index in [1.165, 1.54) is 11.0 Å². The first kappa shape index (κ1) is 15.5. The summed E-state index contributed by atoms with van der Waals surface area (Å²) in [5, 5.41) is 0. The van der Waals surface area contributed by atoms with Crippen LogP contribution in [0.15, 0.2) is 30.5 Å². The molecule has 0 radical (unpaired) electrons. The molecule has 1 unspecified atom stereocenters. The third kappa shape index (κ3) is 2.91. The Morgan fingerprint density at radius 1 is 1.13 bits per heavy atom. The highest BCUT2D eigenvalue weighted by Gasteiger charge is 2.32. The van der Waals surface area contributed by atoms with Crippen molar-refractivity contribution >= 4 is 5.91 Å². The summed E-state index contributed by atoms with van der Waals surface area (Å²) in [6.45, 7) is 0.269. The van der Waals surface area contributed by atoms with E-state index >= 15 is 0 Å². The maximum Gasteiger partial charge on any atom is 0.275 e.